The molecule has 0 saturated carbocycles. The Morgan fingerprint density at radius 1 is 1.39 bits per heavy atom. The van der Waals surface area contributed by atoms with Crippen LogP contribution in [-0.2, 0) is 0 Å². The maximum atomic E-state index is 12.4. The molecule has 0 aromatic heterocycles. The van der Waals surface area contributed by atoms with E-state index in [4.69, 9.17) is 0 Å². The van der Waals surface area contributed by atoms with Gasteiger partial charge in [0, 0.05) is 23.5 Å². The number of hydrogen-bond acceptors (Lipinski definition) is 3. The number of amides is 1. The van der Waals surface area contributed by atoms with E-state index in [1.807, 2.05) is 36.3 Å². The van der Waals surface area contributed by atoms with Crippen molar-refractivity contribution in [3.8, 4) is 0 Å². The molecule has 0 atom stereocenters. The molecule has 1 heterocycles. The third-order valence-electron chi connectivity index (χ3n) is 3.43. The van der Waals surface area contributed by atoms with Gasteiger partial charge in [0.2, 0.25) is 0 Å². The second kappa shape index (κ2) is 5.76. The van der Waals surface area contributed by atoms with Crippen molar-refractivity contribution in [2.24, 2.45) is 0 Å². The predicted octanol–water partition coefficient (Wildman–Crippen LogP) is 2.31. The molecule has 1 N–H and O–H groups in total. The summed E-state index contributed by atoms with van der Waals surface area (Å²) in [6.07, 6.45) is 3.14. The smallest absolute Gasteiger partial charge is 0.254 e. The quantitative estimate of drug-likeness (QED) is 0.834. The van der Waals surface area contributed by atoms with Crippen LogP contribution in [0.2, 0.25) is 0 Å². The van der Waals surface area contributed by atoms with Crippen molar-refractivity contribution in [1.82, 2.24) is 4.90 Å². The lowest BCUT2D eigenvalue weighted by molar-refractivity contribution is 0.0546. The van der Waals surface area contributed by atoms with E-state index in [0.717, 1.165) is 16.0 Å². The Morgan fingerprint density at radius 2 is 2.06 bits per heavy atom. The van der Waals surface area contributed by atoms with Gasteiger partial charge < -0.3 is 10.0 Å². The molecule has 0 spiro atoms. The molecule has 2 rings (SSSR count). The number of aliphatic hydroxyl groups is 1. The summed E-state index contributed by atoms with van der Waals surface area (Å²) in [5.74, 6) is 0.0929. The Balaban J connectivity index is 2.17. The van der Waals surface area contributed by atoms with Gasteiger partial charge in [-0.15, -0.1) is 11.8 Å². The van der Waals surface area contributed by atoms with Gasteiger partial charge in [0.1, 0.15) is 0 Å². The summed E-state index contributed by atoms with van der Waals surface area (Å²) in [6, 6.07) is 6.00. The summed E-state index contributed by atoms with van der Waals surface area (Å²) in [4.78, 5) is 15.4. The van der Waals surface area contributed by atoms with Crippen LogP contribution in [0.15, 0.2) is 23.1 Å². The highest BCUT2D eigenvalue weighted by Crippen LogP contribution is 2.21. The molecule has 1 aromatic rings. The summed E-state index contributed by atoms with van der Waals surface area (Å²) < 4.78 is 0. The van der Waals surface area contributed by atoms with Crippen LogP contribution in [-0.4, -0.2) is 41.4 Å². The van der Waals surface area contributed by atoms with Crippen LogP contribution in [0.5, 0.6) is 0 Å². The van der Waals surface area contributed by atoms with Crippen molar-refractivity contribution in [3.63, 3.8) is 0 Å². The molecular formula is C14H19NO2S. The molecule has 98 valence electrons. The van der Waals surface area contributed by atoms with Gasteiger partial charge in [-0.1, -0.05) is 6.07 Å². The van der Waals surface area contributed by atoms with Crippen LogP contribution < -0.4 is 0 Å². The van der Waals surface area contributed by atoms with E-state index in [9.17, 15) is 9.90 Å². The average molecular weight is 265 g/mol. The second-order valence-corrected chi connectivity index (χ2v) is 5.58. The highest BCUT2D eigenvalue weighted by Gasteiger charge is 2.23. The number of benzene rings is 1. The third-order valence-corrected chi connectivity index (χ3v) is 4.15. The first-order chi connectivity index (χ1) is 8.61. The van der Waals surface area contributed by atoms with Gasteiger partial charge >= 0.3 is 0 Å². The van der Waals surface area contributed by atoms with Crippen molar-refractivity contribution < 1.29 is 9.90 Å². The van der Waals surface area contributed by atoms with E-state index in [2.05, 4.69) is 0 Å². The molecule has 4 heteroatoms. The Labute approximate surface area is 112 Å². The van der Waals surface area contributed by atoms with E-state index < -0.39 is 0 Å². The largest absolute Gasteiger partial charge is 0.393 e. The van der Waals surface area contributed by atoms with Crippen molar-refractivity contribution >= 4 is 17.7 Å². The average Bonchev–Trinajstić information content (AvgIpc) is 2.39. The number of aliphatic hydroxyl groups excluding tert-OH is 1. The first kappa shape index (κ1) is 13.4. The van der Waals surface area contributed by atoms with Gasteiger partial charge in [0.15, 0.2) is 0 Å². The van der Waals surface area contributed by atoms with Gasteiger partial charge in [-0.2, -0.15) is 0 Å². The third kappa shape index (κ3) is 2.87. The maximum absolute atomic E-state index is 12.4. The lowest BCUT2D eigenvalue weighted by atomic mass is 10.0. The normalized spacial score (nSPS) is 16.9. The van der Waals surface area contributed by atoms with E-state index in [-0.39, 0.29) is 12.0 Å². The van der Waals surface area contributed by atoms with Crippen molar-refractivity contribution in [3.05, 3.63) is 29.3 Å². The molecule has 1 aliphatic rings. The monoisotopic (exact) mass is 265 g/mol. The van der Waals surface area contributed by atoms with Crippen molar-refractivity contribution in [1.29, 1.82) is 0 Å². The van der Waals surface area contributed by atoms with E-state index >= 15 is 0 Å². The minimum atomic E-state index is -0.243. The maximum Gasteiger partial charge on any atom is 0.254 e. The zero-order chi connectivity index (χ0) is 13.1. The molecule has 3 nitrogen and oxygen atoms in total. The van der Waals surface area contributed by atoms with Gasteiger partial charge in [0.25, 0.3) is 5.91 Å². The first-order valence-electron chi connectivity index (χ1n) is 6.24. The van der Waals surface area contributed by atoms with Crippen LogP contribution in [0.1, 0.15) is 28.8 Å². The summed E-state index contributed by atoms with van der Waals surface area (Å²) in [5.41, 5.74) is 1.81. The lowest BCUT2D eigenvalue weighted by Crippen LogP contribution is -2.40. The zero-order valence-corrected chi connectivity index (χ0v) is 11.7. The van der Waals surface area contributed by atoms with Crippen molar-refractivity contribution in [2.45, 2.75) is 30.8 Å². The molecule has 1 aliphatic heterocycles. The van der Waals surface area contributed by atoms with Crippen LogP contribution >= 0.6 is 11.8 Å². The fourth-order valence-corrected chi connectivity index (χ4v) is 2.64. The second-order valence-electron chi connectivity index (χ2n) is 4.70. The summed E-state index contributed by atoms with van der Waals surface area (Å²) in [7, 11) is 0. The van der Waals surface area contributed by atoms with Gasteiger partial charge in [-0.05, 0) is 43.7 Å². The fraction of sp³-hybridized carbons (Fsp3) is 0.500. The molecule has 0 bridgehead atoms. The standard InChI is InChI=1S/C14H19NO2S/c1-10-3-4-12(18-2)9-13(10)14(17)15-7-5-11(16)6-8-15/h3-4,9,11,16H,5-8H2,1-2H3. The van der Waals surface area contributed by atoms with Gasteiger partial charge in [0.05, 0.1) is 6.10 Å². The first-order valence-corrected chi connectivity index (χ1v) is 7.46. The number of hydrogen-bond donors (Lipinski definition) is 1. The Kier molecular flexibility index (Phi) is 4.30. The number of carbonyl (C=O) groups is 1. The number of nitrogens with zero attached hydrogens (tertiary/aromatic N) is 1. The molecular weight excluding hydrogens is 246 g/mol. The predicted molar refractivity (Wildman–Crippen MR) is 74.1 cm³/mol. The topological polar surface area (TPSA) is 40.5 Å². The molecule has 1 fully saturated rings. The fourth-order valence-electron chi connectivity index (χ4n) is 2.20. The Bertz CT molecular complexity index is 439. The molecule has 0 unspecified atom stereocenters. The number of thioether (sulfide) groups is 1. The SMILES string of the molecule is CSc1ccc(C)c(C(=O)N2CCC(O)CC2)c1. The number of piperidine rings is 1. The minimum Gasteiger partial charge on any atom is -0.393 e. The zero-order valence-electron chi connectivity index (χ0n) is 10.8. The number of rotatable bonds is 2. The van der Waals surface area contributed by atoms with Crippen LogP contribution in [0, 0.1) is 6.92 Å². The summed E-state index contributed by atoms with van der Waals surface area (Å²) in [5, 5.41) is 9.47. The van der Waals surface area contributed by atoms with Crippen LogP contribution in [0.3, 0.4) is 0 Å². The van der Waals surface area contributed by atoms with E-state index in [0.29, 0.717) is 25.9 Å². The van der Waals surface area contributed by atoms with Gasteiger partial charge in [-0.3, -0.25) is 4.79 Å². The summed E-state index contributed by atoms with van der Waals surface area (Å²) >= 11 is 1.65. The Hall–Kier alpha value is -1.00. The van der Waals surface area contributed by atoms with E-state index in [1.54, 1.807) is 11.8 Å². The highest BCUT2D eigenvalue weighted by molar-refractivity contribution is 7.98. The molecule has 1 saturated heterocycles. The number of carbonyl (C=O) groups excluding carboxylic acids is 1. The molecule has 1 amide bonds. The Morgan fingerprint density at radius 3 is 2.67 bits per heavy atom. The number of aryl methyl sites for hydroxylation is 1. The minimum absolute atomic E-state index is 0.0929. The highest BCUT2D eigenvalue weighted by atomic mass is 32.2. The van der Waals surface area contributed by atoms with Crippen LogP contribution in [0.4, 0.5) is 0 Å². The number of likely N-dealkylation sites (tertiary alicyclic amines) is 1. The lowest BCUT2D eigenvalue weighted by Gasteiger charge is -2.30. The van der Waals surface area contributed by atoms with Crippen LogP contribution in [0.25, 0.3) is 0 Å². The molecule has 0 aliphatic carbocycles. The molecule has 1 aromatic carbocycles. The van der Waals surface area contributed by atoms with E-state index in [1.165, 1.54) is 0 Å². The summed E-state index contributed by atoms with van der Waals surface area (Å²) in [6.45, 7) is 3.28. The molecule has 0 radical (unpaired) electrons. The molecule has 18 heavy (non-hydrogen) atoms. The van der Waals surface area contributed by atoms with Gasteiger partial charge in [-0.25, -0.2) is 0 Å². The van der Waals surface area contributed by atoms with Crippen molar-refractivity contribution in [2.75, 3.05) is 19.3 Å².